The Labute approximate surface area is 146 Å². The summed E-state index contributed by atoms with van der Waals surface area (Å²) in [6.45, 7) is 0.116. The fraction of sp³-hybridized carbons (Fsp3) is 0.111. The van der Waals surface area contributed by atoms with E-state index in [1.165, 1.54) is 11.3 Å². The number of rotatable bonds is 4. The lowest BCUT2D eigenvalue weighted by Gasteiger charge is -2.00. The van der Waals surface area contributed by atoms with Gasteiger partial charge < -0.3 is 9.15 Å². The number of halogens is 1. The van der Waals surface area contributed by atoms with Gasteiger partial charge in [0.25, 0.3) is 0 Å². The highest BCUT2D eigenvalue weighted by molar-refractivity contribution is 7.13. The summed E-state index contributed by atoms with van der Waals surface area (Å²) in [7, 11) is 0. The lowest BCUT2D eigenvalue weighted by Crippen LogP contribution is -2.07. The van der Waals surface area contributed by atoms with Crippen molar-refractivity contribution < 1.29 is 13.9 Å². The third-order valence-electron chi connectivity index (χ3n) is 3.70. The molecule has 4 nitrogen and oxygen atoms in total. The van der Waals surface area contributed by atoms with Gasteiger partial charge in [-0.3, -0.25) is 4.79 Å². The molecule has 0 aliphatic heterocycles. The predicted octanol–water partition coefficient (Wildman–Crippen LogP) is 4.98. The molecule has 0 bridgehead atoms. The topological polar surface area (TPSA) is 52.3 Å². The molecule has 0 amide bonds. The molecule has 0 radical (unpaired) electrons. The van der Waals surface area contributed by atoms with Crippen LogP contribution in [0.3, 0.4) is 0 Å². The molecule has 6 heteroatoms. The smallest absolute Gasteiger partial charge is 0.313 e. The molecule has 2 aromatic heterocycles. The minimum absolute atomic E-state index is 0.0842. The molecule has 0 saturated heterocycles. The molecule has 2 aromatic carbocycles. The highest BCUT2D eigenvalue weighted by Gasteiger charge is 2.12. The van der Waals surface area contributed by atoms with E-state index in [2.05, 4.69) is 11.1 Å². The minimum Gasteiger partial charge on any atom is -0.460 e. The van der Waals surface area contributed by atoms with E-state index < -0.39 is 0 Å². The summed E-state index contributed by atoms with van der Waals surface area (Å²) in [5, 5.41) is 5.01. The molecule has 0 unspecified atom stereocenters. The average Bonchev–Trinajstić information content (AvgIpc) is 3.18. The molecule has 0 atom stereocenters. The molecule has 4 aromatic rings. The Balaban J connectivity index is 1.51. The number of aromatic nitrogens is 1. The second-order valence-corrected chi connectivity index (χ2v) is 6.78. The van der Waals surface area contributed by atoms with E-state index >= 15 is 0 Å². The number of esters is 1. The first kappa shape index (κ1) is 15.2. The van der Waals surface area contributed by atoms with Crippen molar-refractivity contribution in [2.75, 3.05) is 0 Å². The lowest BCUT2D eigenvalue weighted by atomic mass is 10.1. The maximum absolute atomic E-state index is 12.0. The first-order chi connectivity index (χ1) is 11.7. The van der Waals surface area contributed by atoms with Crippen molar-refractivity contribution in [1.29, 1.82) is 0 Å². The normalized spacial score (nSPS) is 11.2. The zero-order valence-electron chi connectivity index (χ0n) is 12.5. The highest BCUT2D eigenvalue weighted by Crippen LogP contribution is 2.28. The summed E-state index contributed by atoms with van der Waals surface area (Å²) < 4.78 is 11.4. The third kappa shape index (κ3) is 3.00. The van der Waals surface area contributed by atoms with E-state index in [4.69, 9.17) is 20.8 Å². The number of furan rings is 1. The minimum atomic E-state index is -0.359. The van der Waals surface area contributed by atoms with Crippen molar-refractivity contribution in [3.8, 4) is 0 Å². The van der Waals surface area contributed by atoms with Crippen LogP contribution in [0.1, 0.15) is 11.5 Å². The van der Waals surface area contributed by atoms with E-state index in [-0.39, 0.29) is 19.0 Å². The fourth-order valence-corrected chi connectivity index (χ4v) is 3.39. The zero-order chi connectivity index (χ0) is 16.5. The predicted molar refractivity (Wildman–Crippen MR) is 94.3 cm³/mol. The molecule has 0 fully saturated rings. The summed E-state index contributed by atoms with van der Waals surface area (Å²) in [5.41, 5.74) is 1.41. The molecule has 0 spiro atoms. The summed E-state index contributed by atoms with van der Waals surface area (Å²) in [5.74, 6) is 0.227. The Morgan fingerprint density at radius 3 is 2.92 bits per heavy atom. The van der Waals surface area contributed by atoms with Crippen LogP contribution in [0.2, 0.25) is 4.47 Å². The van der Waals surface area contributed by atoms with Gasteiger partial charge in [0, 0.05) is 10.8 Å². The summed E-state index contributed by atoms with van der Waals surface area (Å²) in [4.78, 5) is 16.0. The van der Waals surface area contributed by atoms with Gasteiger partial charge in [-0.1, -0.05) is 41.9 Å². The van der Waals surface area contributed by atoms with Crippen LogP contribution in [0.15, 0.2) is 52.3 Å². The Kier molecular flexibility index (Phi) is 3.96. The fourth-order valence-electron chi connectivity index (χ4n) is 2.63. The Morgan fingerprint density at radius 2 is 2.08 bits per heavy atom. The highest BCUT2D eigenvalue weighted by atomic mass is 35.5. The van der Waals surface area contributed by atoms with Crippen LogP contribution in [0.25, 0.3) is 21.7 Å². The quantitative estimate of drug-likeness (QED) is 0.483. The molecule has 0 aliphatic rings. The molecule has 0 aliphatic carbocycles. The van der Waals surface area contributed by atoms with Crippen LogP contribution in [-0.2, 0) is 22.6 Å². The molecular formula is C18H12ClNO3S. The van der Waals surface area contributed by atoms with Crippen molar-refractivity contribution in [1.82, 2.24) is 4.98 Å². The molecule has 120 valence electrons. The largest absolute Gasteiger partial charge is 0.460 e. The molecule has 0 N–H and O–H groups in total. The number of fused-ring (bicyclic) bond motifs is 3. The lowest BCUT2D eigenvalue weighted by molar-refractivity contribution is -0.144. The van der Waals surface area contributed by atoms with Gasteiger partial charge in [0.05, 0.1) is 5.69 Å². The van der Waals surface area contributed by atoms with E-state index in [0.29, 0.717) is 15.9 Å². The van der Waals surface area contributed by atoms with Crippen molar-refractivity contribution >= 4 is 50.6 Å². The maximum atomic E-state index is 12.0. The second kappa shape index (κ2) is 6.26. The molecule has 24 heavy (non-hydrogen) atoms. The summed E-state index contributed by atoms with van der Waals surface area (Å²) >= 11 is 7.06. The monoisotopic (exact) mass is 357 g/mol. The van der Waals surface area contributed by atoms with Gasteiger partial charge in [-0.05, 0) is 22.9 Å². The number of thiazole rings is 1. The molecule has 4 rings (SSSR count). The van der Waals surface area contributed by atoms with Crippen LogP contribution in [0, 0.1) is 0 Å². The van der Waals surface area contributed by atoms with E-state index in [1.54, 1.807) is 5.38 Å². The van der Waals surface area contributed by atoms with Gasteiger partial charge in [-0.15, -0.1) is 11.3 Å². The summed E-state index contributed by atoms with van der Waals surface area (Å²) in [6.07, 6.45) is 0.0842. The van der Waals surface area contributed by atoms with Crippen LogP contribution in [-0.4, -0.2) is 11.0 Å². The number of benzene rings is 2. The Morgan fingerprint density at radius 1 is 1.21 bits per heavy atom. The standard InChI is InChI=1S/C18H12ClNO3S/c19-18-20-12(10-24-18)9-22-17(21)8-13-7-15-14-4-2-1-3-11(14)5-6-16(15)23-13/h1-7,10H,8-9H2. The van der Waals surface area contributed by atoms with Crippen LogP contribution in [0.4, 0.5) is 0 Å². The SMILES string of the molecule is O=C(Cc1cc2c(ccc3ccccc32)o1)OCc1csc(Cl)n1. The van der Waals surface area contributed by atoms with Crippen molar-refractivity contribution in [3.63, 3.8) is 0 Å². The number of hydrogen-bond acceptors (Lipinski definition) is 5. The van der Waals surface area contributed by atoms with Gasteiger partial charge in [-0.25, -0.2) is 4.98 Å². The van der Waals surface area contributed by atoms with Gasteiger partial charge >= 0.3 is 5.97 Å². The van der Waals surface area contributed by atoms with Crippen molar-refractivity contribution in [3.05, 3.63) is 63.8 Å². The Bertz CT molecular complexity index is 1040. The van der Waals surface area contributed by atoms with Gasteiger partial charge in [0.1, 0.15) is 24.4 Å². The number of carbonyl (C=O) groups excluding carboxylic acids is 1. The number of nitrogens with zero attached hydrogens (tertiary/aromatic N) is 1. The number of ether oxygens (including phenoxy) is 1. The van der Waals surface area contributed by atoms with E-state index in [0.717, 1.165) is 21.7 Å². The number of carbonyl (C=O) groups is 1. The van der Waals surface area contributed by atoms with Crippen LogP contribution in [0.5, 0.6) is 0 Å². The second-order valence-electron chi connectivity index (χ2n) is 5.34. The maximum Gasteiger partial charge on any atom is 0.313 e. The molecular weight excluding hydrogens is 346 g/mol. The van der Waals surface area contributed by atoms with E-state index in [1.807, 2.05) is 36.4 Å². The Hall–Kier alpha value is -2.37. The van der Waals surface area contributed by atoms with Crippen molar-refractivity contribution in [2.45, 2.75) is 13.0 Å². The van der Waals surface area contributed by atoms with E-state index in [9.17, 15) is 4.79 Å². The third-order valence-corrected chi connectivity index (χ3v) is 4.73. The first-order valence-electron chi connectivity index (χ1n) is 7.35. The van der Waals surface area contributed by atoms with Crippen LogP contribution >= 0.6 is 22.9 Å². The first-order valence-corrected chi connectivity index (χ1v) is 8.60. The molecule has 2 heterocycles. The summed E-state index contributed by atoms with van der Waals surface area (Å²) in [6, 6.07) is 13.9. The average molecular weight is 358 g/mol. The zero-order valence-corrected chi connectivity index (χ0v) is 14.1. The van der Waals surface area contributed by atoms with Gasteiger partial charge in [0.2, 0.25) is 0 Å². The van der Waals surface area contributed by atoms with Gasteiger partial charge in [-0.2, -0.15) is 0 Å². The van der Waals surface area contributed by atoms with Crippen molar-refractivity contribution in [2.24, 2.45) is 0 Å². The van der Waals surface area contributed by atoms with Crippen LogP contribution < -0.4 is 0 Å². The van der Waals surface area contributed by atoms with Gasteiger partial charge in [0.15, 0.2) is 4.47 Å². The number of hydrogen-bond donors (Lipinski definition) is 0. The molecule has 0 saturated carbocycles.